The number of halogens is 1. The predicted octanol–water partition coefficient (Wildman–Crippen LogP) is 2.43. The molecule has 7 heteroatoms. The standard InChI is InChI=1S/C14H18ClNO4S/c1-20-8-2-3-12(14(18)19)16-13(17)9-21-11-6-4-10(15)5-7-11/h4-7,12H,2-3,8-9H2,1H3,(H,16,17)(H,18,19). The first kappa shape index (κ1) is 17.8. The van der Waals surface area contributed by atoms with Gasteiger partial charge in [-0.2, -0.15) is 0 Å². The summed E-state index contributed by atoms with van der Waals surface area (Å²) < 4.78 is 4.87. The summed E-state index contributed by atoms with van der Waals surface area (Å²) in [6.45, 7) is 0.471. The summed E-state index contributed by atoms with van der Waals surface area (Å²) in [7, 11) is 1.55. The highest BCUT2D eigenvalue weighted by molar-refractivity contribution is 8.00. The van der Waals surface area contributed by atoms with E-state index in [0.29, 0.717) is 24.5 Å². The molecule has 21 heavy (non-hydrogen) atoms. The molecule has 0 radical (unpaired) electrons. The summed E-state index contributed by atoms with van der Waals surface area (Å²) in [5.74, 6) is -1.17. The highest BCUT2D eigenvalue weighted by Crippen LogP contribution is 2.20. The molecule has 1 aromatic rings. The molecule has 0 aliphatic carbocycles. The number of rotatable bonds is 9. The van der Waals surface area contributed by atoms with Crippen molar-refractivity contribution < 1.29 is 19.4 Å². The van der Waals surface area contributed by atoms with Crippen LogP contribution in [0, 0.1) is 0 Å². The fraction of sp³-hybridized carbons (Fsp3) is 0.429. The van der Waals surface area contributed by atoms with Gasteiger partial charge in [0.05, 0.1) is 5.75 Å². The molecule has 116 valence electrons. The van der Waals surface area contributed by atoms with Crippen LogP contribution in [0.2, 0.25) is 5.02 Å². The molecule has 0 aliphatic rings. The lowest BCUT2D eigenvalue weighted by molar-refractivity contribution is -0.141. The summed E-state index contributed by atoms with van der Waals surface area (Å²) in [5.41, 5.74) is 0. The Balaban J connectivity index is 2.39. The molecule has 1 rings (SSSR count). The molecule has 0 aromatic heterocycles. The number of methoxy groups -OCH3 is 1. The maximum absolute atomic E-state index is 11.8. The van der Waals surface area contributed by atoms with Gasteiger partial charge in [0.15, 0.2) is 0 Å². The molecular weight excluding hydrogens is 314 g/mol. The zero-order valence-electron chi connectivity index (χ0n) is 11.7. The molecule has 1 unspecified atom stereocenters. The van der Waals surface area contributed by atoms with E-state index >= 15 is 0 Å². The van der Waals surface area contributed by atoms with Crippen LogP contribution in [0.5, 0.6) is 0 Å². The smallest absolute Gasteiger partial charge is 0.326 e. The number of carbonyl (C=O) groups is 2. The number of hydrogen-bond donors (Lipinski definition) is 2. The topological polar surface area (TPSA) is 75.6 Å². The monoisotopic (exact) mass is 331 g/mol. The van der Waals surface area contributed by atoms with Crippen molar-refractivity contribution in [3.05, 3.63) is 29.3 Å². The quantitative estimate of drug-likeness (QED) is 0.537. The minimum absolute atomic E-state index is 0.162. The largest absolute Gasteiger partial charge is 0.480 e. The fourth-order valence-corrected chi connectivity index (χ4v) is 2.44. The van der Waals surface area contributed by atoms with E-state index in [0.717, 1.165) is 4.90 Å². The minimum Gasteiger partial charge on any atom is -0.480 e. The van der Waals surface area contributed by atoms with Crippen LogP contribution in [0.4, 0.5) is 0 Å². The third kappa shape index (κ3) is 7.36. The van der Waals surface area contributed by atoms with Gasteiger partial charge in [-0.15, -0.1) is 11.8 Å². The van der Waals surface area contributed by atoms with Crippen LogP contribution in [0.25, 0.3) is 0 Å². The summed E-state index contributed by atoms with van der Waals surface area (Å²) in [6, 6.07) is 6.23. The second kappa shape index (κ2) is 9.65. The van der Waals surface area contributed by atoms with Crippen LogP contribution in [-0.2, 0) is 14.3 Å². The number of ether oxygens (including phenoxy) is 1. The zero-order chi connectivity index (χ0) is 15.7. The van der Waals surface area contributed by atoms with Gasteiger partial charge < -0.3 is 15.2 Å². The van der Waals surface area contributed by atoms with Gasteiger partial charge in [-0.1, -0.05) is 11.6 Å². The zero-order valence-corrected chi connectivity index (χ0v) is 13.2. The third-order valence-corrected chi connectivity index (χ3v) is 3.92. The molecule has 0 spiro atoms. The lowest BCUT2D eigenvalue weighted by atomic mass is 10.1. The Morgan fingerprint density at radius 3 is 2.62 bits per heavy atom. The fourth-order valence-electron chi connectivity index (χ4n) is 1.60. The van der Waals surface area contributed by atoms with Crippen molar-refractivity contribution in [1.29, 1.82) is 0 Å². The number of carboxylic acid groups (broad SMARTS) is 1. The average Bonchev–Trinajstić information content (AvgIpc) is 2.45. The highest BCUT2D eigenvalue weighted by atomic mass is 35.5. The van der Waals surface area contributed by atoms with E-state index in [-0.39, 0.29) is 11.7 Å². The molecule has 1 amide bonds. The van der Waals surface area contributed by atoms with Gasteiger partial charge in [-0.05, 0) is 37.1 Å². The number of aliphatic carboxylic acids is 1. The van der Waals surface area contributed by atoms with Crippen molar-refractivity contribution in [2.45, 2.75) is 23.8 Å². The van der Waals surface area contributed by atoms with E-state index in [1.165, 1.54) is 11.8 Å². The molecule has 1 atom stereocenters. The second-order valence-corrected chi connectivity index (χ2v) is 5.82. The molecule has 0 fully saturated rings. The normalized spacial score (nSPS) is 11.9. The van der Waals surface area contributed by atoms with Crippen molar-refractivity contribution in [2.24, 2.45) is 0 Å². The molecular formula is C14H18ClNO4S. The van der Waals surface area contributed by atoms with Gasteiger partial charge in [0.2, 0.25) is 5.91 Å². The van der Waals surface area contributed by atoms with Crippen molar-refractivity contribution in [1.82, 2.24) is 5.32 Å². The lowest BCUT2D eigenvalue weighted by Crippen LogP contribution is -2.41. The predicted molar refractivity (Wildman–Crippen MR) is 82.9 cm³/mol. The van der Waals surface area contributed by atoms with Crippen LogP contribution in [-0.4, -0.2) is 42.5 Å². The summed E-state index contributed by atoms with van der Waals surface area (Å²) in [4.78, 5) is 23.7. The van der Waals surface area contributed by atoms with Crippen LogP contribution >= 0.6 is 23.4 Å². The Kier molecular flexibility index (Phi) is 8.19. The van der Waals surface area contributed by atoms with Gasteiger partial charge in [-0.25, -0.2) is 4.79 Å². The van der Waals surface area contributed by atoms with Gasteiger partial charge in [0.25, 0.3) is 0 Å². The van der Waals surface area contributed by atoms with E-state index in [4.69, 9.17) is 21.4 Å². The SMILES string of the molecule is COCCCC(NC(=O)CSc1ccc(Cl)cc1)C(=O)O. The lowest BCUT2D eigenvalue weighted by Gasteiger charge is -2.14. The molecule has 0 bridgehead atoms. The maximum Gasteiger partial charge on any atom is 0.326 e. The number of carboxylic acids is 1. The van der Waals surface area contributed by atoms with E-state index in [1.807, 2.05) is 12.1 Å². The first-order valence-electron chi connectivity index (χ1n) is 6.42. The van der Waals surface area contributed by atoms with Gasteiger partial charge in [0, 0.05) is 23.6 Å². The number of thioether (sulfide) groups is 1. The van der Waals surface area contributed by atoms with E-state index in [1.54, 1.807) is 19.2 Å². The summed E-state index contributed by atoms with van der Waals surface area (Å²) in [6.07, 6.45) is 0.929. The third-order valence-electron chi connectivity index (χ3n) is 2.66. The van der Waals surface area contributed by atoms with Gasteiger partial charge >= 0.3 is 5.97 Å². The Morgan fingerprint density at radius 1 is 1.38 bits per heavy atom. The van der Waals surface area contributed by atoms with Crippen molar-refractivity contribution in [3.63, 3.8) is 0 Å². The summed E-state index contributed by atoms with van der Waals surface area (Å²) >= 11 is 7.11. The Labute approximate surface area is 133 Å². The van der Waals surface area contributed by atoms with E-state index in [2.05, 4.69) is 5.32 Å². The highest BCUT2D eigenvalue weighted by Gasteiger charge is 2.19. The van der Waals surface area contributed by atoms with Crippen molar-refractivity contribution in [2.75, 3.05) is 19.5 Å². The number of hydrogen-bond acceptors (Lipinski definition) is 4. The molecule has 0 aliphatic heterocycles. The Morgan fingerprint density at radius 2 is 2.05 bits per heavy atom. The molecule has 1 aromatic carbocycles. The maximum atomic E-state index is 11.8. The molecule has 0 saturated heterocycles. The van der Waals surface area contributed by atoms with Gasteiger partial charge in [0.1, 0.15) is 6.04 Å². The van der Waals surface area contributed by atoms with Crippen LogP contribution < -0.4 is 5.32 Å². The molecule has 2 N–H and O–H groups in total. The minimum atomic E-state index is -1.03. The first-order valence-corrected chi connectivity index (χ1v) is 7.78. The number of nitrogens with one attached hydrogen (secondary N) is 1. The number of amides is 1. The van der Waals surface area contributed by atoms with E-state index < -0.39 is 12.0 Å². The van der Waals surface area contributed by atoms with Crippen LogP contribution in [0.1, 0.15) is 12.8 Å². The van der Waals surface area contributed by atoms with Crippen LogP contribution in [0.3, 0.4) is 0 Å². The average molecular weight is 332 g/mol. The van der Waals surface area contributed by atoms with Crippen molar-refractivity contribution in [3.8, 4) is 0 Å². The first-order chi connectivity index (χ1) is 10.0. The van der Waals surface area contributed by atoms with Crippen LogP contribution in [0.15, 0.2) is 29.2 Å². The van der Waals surface area contributed by atoms with Gasteiger partial charge in [-0.3, -0.25) is 4.79 Å². The number of benzene rings is 1. The second-order valence-electron chi connectivity index (χ2n) is 4.34. The molecule has 5 nitrogen and oxygen atoms in total. The van der Waals surface area contributed by atoms with E-state index in [9.17, 15) is 9.59 Å². The Hall–Kier alpha value is -1.24. The Bertz CT molecular complexity index is 467. The number of carbonyl (C=O) groups excluding carboxylic acids is 1. The summed E-state index contributed by atoms with van der Waals surface area (Å²) in [5, 5.41) is 12.2. The van der Waals surface area contributed by atoms with Crippen molar-refractivity contribution >= 4 is 35.2 Å². The molecule has 0 saturated carbocycles. The molecule has 0 heterocycles.